The summed E-state index contributed by atoms with van der Waals surface area (Å²) in [5.41, 5.74) is 1.97. The Balaban J connectivity index is 2.62. The molecule has 2 rings (SSSR count). The molecule has 2 nitrogen and oxygen atoms in total. The Kier molecular flexibility index (Phi) is 2.80. The Morgan fingerprint density at radius 2 is 1.88 bits per heavy atom. The standard InChI is InChI=1S/C13H8ClNO/c14-13-10(8-15)4-2-6-12(13)9-3-1-5-11(16)7-9/h1-7,16H. The van der Waals surface area contributed by atoms with Gasteiger partial charge in [-0.1, -0.05) is 35.9 Å². The summed E-state index contributed by atoms with van der Waals surface area (Å²) in [5.74, 6) is 0.177. The quantitative estimate of drug-likeness (QED) is 0.812. The molecular formula is C13H8ClNO. The summed E-state index contributed by atoms with van der Waals surface area (Å²) in [6.45, 7) is 0. The van der Waals surface area contributed by atoms with Crippen LogP contribution in [0.2, 0.25) is 5.02 Å². The van der Waals surface area contributed by atoms with Gasteiger partial charge in [-0.15, -0.1) is 0 Å². The van der Waals surface area contributed by atoms with Crippen molar-refractivity contribution in [2.24, 2.45) is 0 Å². The topological polar surface area (TPSA) is 44.0 Å². The van der Waals surface area contributed by atoms with Crippen molar-refractivity contribution in [1.29, 1.82) is 5.26 Å². The van der Waals surface area contributed by atoms with E-state index in [4.69, 9.17) is 16.9 Å². The fourth-order valence-corrected chi connectivity index (χ4v) is 1.79. The van der Waals surface area contributed by atoms with Gasteiger partial charge in [0.25, 0.3) is 0 Å². The van der Waals surface area contributed by atoms with Gasteiger partial charge in [0.15, 0.2) is 0 Å². The minimum atomic E-state index is 0.177. The van der Waals surface area contributed by atoms with Gasteiger partial charge in [-0.05, 0) is 23.8 Å². The normalized spacial score (nSPS) is 9.75. The van der Waals surface area contributed by atoms with Crippen LogP contribution in [0.5, 0.6) is 5.75 Å². The molecule has 0 heterocycles. The van der Waals surface area contributed by atoms with Gasteiger partial charge in [-0.3, -0.25) is 0 Å². The van der Waals surface area contributed by atoms with E-state index in [1.165, 1.54) is 0 Å². The SMILES string of the molecule is N#Cc1cccc(-c2cccc(O)c2)c1Cl. The maximum Gasteiger partial charge on any atom is 0.116 e. The second kappa shape index (κ2) is 4.26. The van der Waals surface area contributed by atoms with E-state index < -0.39 is 0 Å². The molecule has 1 N–H and O–H groups in total. The number of hydrogen-bond acceptors (Lipinski definition) is 2. The second-order valence-corrected chi connectivity index (χ2v) is 3.71. The highest BCUT2D eigenvalue weighted by Gasteiger charge is 2.07. The number of phenols is 1. The maximum absolute atomic E-state index is 9.38. The Morgan fingerprint density at radius 3 is 2.56 bits per heavy atom. The van der Waals surface area contributed by atoms with Crippen molar-refractivity contribution in [3.8, 4) is 22.9 Å². The molecule has 0 atom stereocenters. The molecule has 0 aliphatic carbocycles. The summed E-state index contributed by atoms with van der Waals surface area (Å²) in [7, 11) is 0. The zero-order valence-electron chi connectivity index (χ0n) is 8.31. The number of phenolic OH excluding ortho intramolecular Hbond substituents is 1. The predicted octanol–water partition coefficient (Wildman–Crippen LogP) is 3.58. The Morgan fingerprint density at radius 1 is 1.12 bits per heavy atom. The number of aromatic hydroxyl groups is 1. The maximum atomic E-state index is 9.38. The molecule has 0 radical (unpaired) electrons. The molecule has 0 aromatic heterocycles. The molecule has 16 heavy (non-hydrogen) atoms. The van der Waals surface area contributed by atoms with Gasteiger partial charge in [0.2, 0.25) is 0 Å². The summed E-state index contributed by atoms with van der Waals surface area (Å²) >= 11 is 6.09. The zero-order chi connectivity index (χ0) is 11.5. The minimum Gasteiger partial charge on any atom is -0.508 e. The van der Waals surface area contributed by atoms with Gasteiger partial charge in [0.05, 0.1) is 10.6 Å². The molecule has 2 aromatic carbocycles. The number of halogens is 1. The highest BCUT2D eigenvalue weighted by atomic mass is 35.5. The lowest BCUT2D eigenvalue weighted by Crippen LogP contribution is -1.83. The van der Waals surface area contributed by atoms with E-state index in [2.05, 4.69) is 0 Å². The number of hydrogen-bond donors (Lipinski definition) is 1. The van der Waals surface area contributed by atoms with Gasteiger partial charge in [0, 0.05) is 5.56 Å². The smallest absolute Gasteiger partial charge is 0.116 e. The third kappa shape index (κ3) is 1.86. The van der Waals surface area contributed by atoms with Gasteiger partial charge in [0.1, 0.15) is 11.8 Å². The Labute approximate surface area is 98.3 Å². The van der Waals surface area contributed by atoms with Crippen molar-refractivity contribution in [3.63, 3.8) is 0 Å². The van der Waals surface area contributed by atoms with Gasteiger partial charge in [-0.2, -0.15) is 5.26 Å². The first-order valence-electron chi connectivity index (χ1n) is 4.70. The van der Waals surface area contributed by atoms with Gasteiger partial charge in [-0.25, -0.2) is 0 Å². The van der Waals surface area contributed by atoms with Crippen molar-refractivity contribution in [1.82, 2.24) is 0 Å². The average molecular weight is 230 g/mol. The van der Waals surface area contributed by atoms with Crippen LogP contribution in [0, 0.1) is 11.3 Å². The zero-order valence-corrected chi connectivity index (χ0v) is 9.07. The highest BCUT2D eigenvalue weighted by Crippen LogP contribution is 2.31. The van der Waals surface area contributed by atoms with Crippen LogP contribution >= 0.6 is 11.6 Å². The lowest BCUT2D eigenvalue weighted by Gasteiger charge is -2.05. The summed E-state index contributed by atoms with van der Waals surface area (Å²) in [4.78, 5) is 0. The van der Waals surface area contributed by atoms with Crippen LogP contribution in [-0.2, 0) is 0 Å². The van der Waals surface area contributed by atoms with Crippen LogP contribution in [0.25, 0.3) is 11.1 Å². The number of nitrogens with zero attached hydrogens (tertiary/aromatic N) is 1. The van der Waals surface area contributed by atoms with Crippen LogP contribution in [-0.4, -0.2) is 5.11 Å². The molecule has 0 aliphatic rings. The molecule has 78 valence electrons. The lowest BCUT2D eigenvalue weighted by molar-refractivity contribution is 0.475. The van der Waals surface area contributed by atoms with E-state index in [9.17, 15) is 5.11 Å². The molecule has 0 unspecified atom stereocenters. The first kappa shape index (κ1) is 10.5. The van der Waals surface area contributed by atoms with Gasteiger partial charge < -0.3 is 5.11 Å². The van der Waals surface area contributed by atoms with Crippen molar-refractivity contribution in [2.75, 3.05) is 0 Å². The Bertz CT molecular complexity index is 572. The number of nitriles is 1. The fraction of sp³-hybridized carbons (Fsp3) is 0. The van der Waals surface area contributed by atoms with E-state index in [0.717, 1.165) is 11.1 Å². The highest BCUT2D eigenvalue weighted by molar-refractivity contribution is 6.34. The van der Waals surface area contributed by atoms with Crippen molar-refractivity contribution < 1.29 is 5.11 Å². The van der Waals surface area contributed by atoms with Gasteiger partial charge >= 0.3 is 0 Å². The van der Waals surface area contributed by atoms with Crippen molar-refractivity contribution >= 4 is 11.6 Å². The summed E-state index contributed by atoms with van der Waals surface area (Å²) in [5, 5.41) is 18.7. The lowest BCUT2D eigenvalue weighted by atomic mass is 10.0. The van der Waals surface area contributed by atoms with Crippen molar-refractivity contribution in [3.05, 3.63) is 53.1 Å². The second-order valence-electron chi connectivity index (χ2n) is 3.33. The largest absolute Gasteiger partial charge is 0.508 e. The summed E-state index contributed by atoms with van der Waals surface area (Å²) in [6, 6.07) is 14.0. The molecule has 0 saturated carbocycles. The number of benzene rings is 2. The molecule has 2 aromatic rings. The molecule has 0 saturated heterocycles. The third-order valence-electron chi connectivity index (χ3n) is 2.28. The molecule has 0 bridgehead atoms. The molecular weight excluding hydrogens is 222 g/mol. The molecule has 0 spiro atoms. The van der Waals surface area contributed by atoms with E-state index in [-0.39, 0.29) is 5.75 Å². The molecule has 0 aliphatic heterocycles. The number of rotatable bonds is 1. The van der Waals surface area contributed by atoms with Crippen LogP contribution < -0.4 is 0 Å². The molecule has 0 amide bonds. The average Bonchev–Trinajstić information content (AvgIpc) is 2.29. The fourth-order valence-electron chi connectivity index (χ4n) is 1.51. The van der Waals surface area contributed by atoms with E-state index in [1.807, 2.05) is 18.2 Å². The monoisotopic (exact) mass is 229 g/mol. The van der Waals surface area contributed by atoms with Crippen LogP contribution in [0.4, 0.5) is 0 Å². The van der Waals surface area contributed by atoms with Crippen molar-refractivity contribution in [2.45, 2.75) is 0 Å². The predicted molar refractivity (Wildman–Crippen MR) is 63.3 cm³/mol. The summed E-state index contributed by atoms with van der Waals surface area (Å²) in [6.07, 6.45) is 0. The van der Waals surface area contributed by atoms with Crippen LogP contribution in [0.3, 0.4) is 0 Å². The third-order valence-corrected chi connectivity index (χ3v) is 2.68. The van der Waals surface area contributed by atoms with Crippen LogP contribution in [0.15, 0.2) is 42.5 Å². The Hall–Kier alpha value is -1.98. The minimum absolute atomic E-state index is 0.177. The first-order chi connectivity index (χ1) is 7.72. The molecule has 0 fully saturated rings. The van der Waals surface area contributed by atoms with E-state index in [1.54, 1.807) is 30.3 Å². The van der Waals surface area contributed by atoms with E-state index >= 15 is 0 Å². The first-order valence-corrected chi connectivity index (χ1v) is 5.08. The molecule has 3 heteroatoms. The van der Waals surface area contributed by atoms with Crippen LogP contribution in [0.1, 0.15) is 5.56 Å². The summed E-state index contributed by atoms with van der Waals surface area (Å²) < 4.78 is 0. The van der Waals surface area contributed by atoms with E-state index in [0.29, 0.717) is 10.6 Å².